The van der Waals surface area contributed by atoms with E-state index in [9.17, 15) is 0 Å². The van der Waals surface area contributed by atoms with E-state index in [-0.39, 0.29) is 12.1 Å². The van der Waals surface area contributed by atoms with Gasteiger partial charge in [-0.05, 0) is 17.5 Å². The van der Waals surface area contributed by atoms with Crippen molar-refractivity contribution in [3.63, 3.8) is 0 Å². The fraction of sp³-hybridized carbons (Fsp3) is 0.500. The van der Waals surface area contributed by atoms with Crippen molar-refractivity contribution in [2.75, 3.05) is 6.61 Å². The van der Waals surface area contributed by atoms with Gasteiger partial charge in [0.2, 0.25) is 12.1 Å². The molecule has 1 aromatic rings. The summed E-state index contributed by atoms with van der Waals surface area (Å²) in [6.07, 6.45) is 9.73. The molecule has 3 aliphatic rings. The molecule has 4 heteroatoms. The van der Waals surface area contributed by atoms with Crippen LogP contribution in [0.2, 0.25) is 0 Å². The number of para-hydroxylation sites is 1. The molecule has 0 spiro atoms. The highest BCUT2D eigenvalue weighted by Crippen LogP contribution is 2.56. The van der Waals surface area contributed by atoms with Crippen LogP contribution in [-0.2, 0) is 4.74 Å². The van der Waals surface area contributed by atoms with Gasteiger partial charge in [0.1, 0.15) is 12.4 Å². The molecule has 0 N–H and O–H groups in total. The summed E-state index contributed by atoms with van der Waals surface area (Å²) >= 11 is 0. The smallest absolute Gasteiger partial charge is 0.320 e. The molecular weight excluding hydrogens is 276 g/mol. The van der Waals surface area contributed by atoms with E-state index in [2.05, 4.69) is 47.9 Å². The zero-order valence-corrected chi connectivity index (χ0v) is 13.0. The van der Waals surface area contributed by atoms with Crippen molar-refractivity contribution in [2.24, 2.45) is 5.92 Å². The lowest BCUT2D eigenvalue weighted by Crippen LogP contribution is -2.56. The van der Waals surface area contributed by atoms with E-state index in [1.54, 1.807) is 0 Å². The number of rotatable bonds is 5. The summed E-state index contributed by atoms with van der Waals surface area (Å²) in [5, 5.41) is 2.19. The van der Waals surface area contributed by atoms with Crippen molar-refractivity contribution in [3.05, 3.63) is 29.8 Å². The second kappa shape index (κ2) is 4.76. The molecule has 0 saturated carbocycles. The van der Waals surface area contributed by atoms with Crippen LogP contribution in [0, 0.1) is 18.3 Å². The topological polar surface area (TPSA) is 24.5 Å². The van der Waals surface area contributed by atoms with E-state index in [0.717, 1.165) is 18.6 Å². The van der Waals surface area contributed by atoms with Gasteiger partial charge in [0.05, 0.1) is 0 Å². The summed E-state index contributed by atoms with van der Waals surface area (Å²) in [7, 11) is 0. The highest BCUT2D eigenvalue weighted by molar-refractivity contribution is 5.60. The van der Waals surface area contributed by atoms with Gasteiger partial charge in [-0.3, -0.25) is 0 Å². The fourth-order valence-electron chi connectivity index (χ4n) is 4.08. The SMILES string of the molecule is C#CCOC1(C(C)CCC)C2Oc3ccccc3C2[N+]2=CN21. The van der Waals surface area contributed by atoms with Crippen molar-refractivity contribution >= 4 is 6.34 Å². The molecule has 3 aliphatic heterocycles. The molecular formula is C18H21N2O2+. The average Bonchev–Trinajstić information content (AvgIpc) is 3.14. The Morgan fingerprint density at radius 1 is 1.50 bits per heavy atom. The van der Waals surface area contributed by atoms with Crippen LogP contribution in [0.1, 0.15) is 38.3 Å². The summed E-state index contributed by atoms with van der Waals surface area (Å²) in [6, 6.07) is 8.47. The van der Waals surface area contributed by atoms with Crippen LogP contribution in [0.4, 0.5) is 0 Å². The summed E-state index contributed by atoms with van der Waals surface area (Å²) in [6.45, 7) is 4.74. The largest absolute Gasteiger partial charge is 0.477 e. The number of ether oxygens (including phenoxy) is 2. The van der Waals surface area contributed by atoms with Crippen LogP contribution in [0.25, 0.3) is 0 Å². The molecule has 4 rings (SSSR count). The third-order valence-corrected chi connectivity index (χ3v) is 5.07. The first-order valence-corrected chi connectivity index (χ1v) is 7.99. The zero-order chi connectivity index (χ0) is 15.3. The van der Waals surface area contributed by atoms with Gasteiger partial charge >= 0.3 is 6.34 Å². The Kier molecular flexibility index (Phi) is 2.95. The summed E-state index contributed by atoms with van der Waals surface area (Å²) < 4.78 is 14.8. The lowest BCUT2D eigenvalue weighted by atomic mass is 9.85. The standard InChI is InChI=1S/C18H21N2O2/c1-4-8-13(3)18(21-11-5-2)17-16(19-12-20(18)19)14-9-6-7-10-15(14)22-17/h2,6-7,9-10,12-13,16-17H,4,8,11H2,1,3H3/q+1. The van der Waals surface area contributed by atoms with E-state index < -0.39 is 5.72 Å². The Labute approximate surface area is 131 Å². The maximum atomic E-state index is 6.32. The third-order valence-electron chi connectivity index (χ3n) is 5.07. The molecule has 0 radical (unpaired) electrons. The first-order valence-electron chi connectivity index (χ1n) is 7.99. The van der Waals surface area contributed by atoms with E-state index in [0.29, 0.717) is 12.5 Å². The minimum atomic E-state index is -0.494. The number of fused-ring (bicyclic) bond motifs is 5. The Balaban J connectivity index is 1.74. The summed E-state index contributed by atoms with van der Waals surface area (Å²) in [5.41, 5.74) is 0.743. The Morgan fingerprint density at radius 3 is 3.09 bits per heavy atom. The number of nitrogens with zero attached hydrogens (tertiary/aromatic N) is 2. The van der Waals surface area contributed by atoms with Crippen LogP contribution in [0.5, 0.6) is 5.75 Å². The van der Waals surface area contributed by atoms with Gasteiger partial charge in [0.25, 0.3) is 5.72 Å². The Hall–Kier alpha value is -1.99. The first kappa shape index (κ1) is 13.7. The van der Waals surface area contributed by atoms with Gasteiger partial charge in [0.15, 0.2) is 0 Å². The fourth-order valence-corrected chi connectivity index (χ4v) is 4.08. The number of benzene rings is 1. The van der Waals surface area contributed by atoms with Gasteiger partial charge in [-0.25, -0.2) is 0 Å². The molecule has 3 heterocycles. The highest BCUT2D eigenvalue weighted by Gasteiger charge is 2.77. The molecule has 4 nitrogen and oxygen atoms in total. The second-order valence-electron chi connectivity index (χ2n) is 6.30. The van der Waals surface area contributed by atoms with Gasteiger partial charge < -0.3 is 9.47 Å². The van der Waals surface area contributed by atoms with E-state index in [1.165, 1.54) is 5.56 Å². The normalized spacial score (nSPS) is 31.5. The van der Waals surface area contributed by atoms with Crippen molar-refractivity contribution < 1.29 is 14.2 Å². The zero-order valence-electron chi connectivity index (χ0n) is 13.0. The van der Waals surface area contributed by atoms with Crippen LogP contribution in [-0.4, -0.2) is 34.5 Å². The maximum absolute atomic E-state index is 6.32. The number of hydrazine groups is 1. The monoisotopic (exact) mass is 297 g/mol. The molecule has 1 fully saturated rings. The minimum absolute atomic E-state index is 0.0372. The molecule has 1 aromatic carbocycles. The van der Waals surface area contributed by atoms with Crippen molar-refractivity contribution in [3.8, 4) is 18.1 Å². The van der Waals surface area contributed by atoms with E-state index >= 15 is 0 Å². The Morgan fingerprint density at radius 2 is 2.32 bits per heavy atom. The number of hydrogen-bond acceptors (Lipinski definition) is 3. The van der Waals surface area contributed by atoms with Crippen LogP contribution in [0.3, 0.4) is 0 Å². The minimum Gasteiger partial charge on any atom is -0.477 e. The van der Waals surface area contributed by atoms with Gasteiger partial charge in [-0.15, -0.1) is 6.42 Å². The number of hydrogen-bond donors (Lipinski definition) is 0. The summed E-state index contributed by atoms with van der Waals surface area (Å²) in [4.78, 5) is 0. The predicted octanol–water partition coefficient (Wildman–Crippen LogP) is 2.56. The number of terminal acetylenes is 1. The molecule has 1 saturated heterocycles. The lowest BCUT2D eigenvalue weighted by Gasteiger charge is -2.33. The average molecular weight is 297 g/mol. The second-order valence-corrected chi connectivity index (χ2v) is 6.30. The molecule has 4 atom stereocenters. The molecule has 22 heavy (non-hydrogen) atoms. The van der Waals surface area contributed by atoms with Crippen LogP contribution in [0.15, 0.2) is 24.3 Å². The van der Waals surface area contributed by atoms with Crippen molar-refractivity contribution in [2.45, 2.75) is 44.6 Å². The molecule has 0 amide bonds. The molecule has 114 valence electrons. The van der Waals surface area contributed by atoms with Crippen LogP contribution < -0.4 is 4.74 Å². The Bertz CT molecular complexity index is 678. The van der Waals surface area contributed by atoms with Crippen molar-refractivity contribution in [1.82, 2.24) is 5.01 Å². The molecule has 4 unspecified atom stereocenters. The maximum Gasteiger partial charge on any atom is 0.320 e. The predicted molar refractivity (Wildman–Crippen MR) is 83.4 cm³/mol. The number of hydrazone groups is 1. The van der Waals surface area contributed by atoms with Gasteiger partial charge in [-0.2, -0.15) is 0 Å². The quantitative estimate of drug-likeness (QED) is 0.617. The van der Waals surface area contributed by atoms with E-state index in [1.807, 2.05) is 12.1 Å². The lowest BCUT2D eigenvalue weighted by molar-refractivity contribution is -0.601. The highest BCUT2D eigenvalue weighted by atomic mass is 16.6. The summed E-state index contributed by atoms with van der Waals surface area (Å²) in [5.74, 6) is 3.92. The molecule has 0 aromatic heterocycles. The van der Waals surface area contributed by atoms with Gasteiger partial charge in [-0.1, -0.05) is 49.1 Å². The van der Waals surface area contributed by atoms with Crippen LogP contribution >= 0.6 is 0 Å². The first-order chi connectivity index (χ1) is 10.7. The molecule has 0 aliphatic carbocycles. The molecule has 0 bridgehead atoms. The van der Waals surface area contributed by atoms with E-state index in [4.69, 9.17) is 15.9 Å². The van der Waals surface area contributed by atoms with Gasteiger partial charge in [0, 0.05) is 11.5 Å². The third kappa shape index (κ3) is 1.60. The van der Waals surface area contributed by atoms with Crippen molar-refractivity contribution in [1.29, 1.82) is 0 Å².